The summed E-state index contributed by atoms with van der Waals surface area (Å²) in [6.45, 7) is 5.29. The maximum absolute atomic E-state index is 12.9. The molecule has 2 bridgehead atoms. The van der Waals surface area contributed by atoms with E-state index in [0.717, 1.165) is 17.4 Å². The fourth-order valence-corrected chi connectivity index (χ4v) is 3.62. The average molecular weight is 505 g/mol. The van der Waals surface area contributed by atoms with Gasteiger partial charge in [0.05, 0.1) is 30.8 Å². The zero-order valence-electron chi connectivity index (χ0n) is 20.0. The highest BCUT2D eigenvalue weighted by atomic mass is 32.2. The van der Waals surface area contributed by atoms with Crippen molar-refractivity contribution in [1.82, 2.24) is 20.9 Å². The SMILES string of the molecule is C/C=C1\NC(=O)c2cccc(n2)CNC(=O)C[C@@H](/C=C/CCSC=O)OC(O)[C@H](C(C)C)NC1=O. The topological polar surface area (TPSA) is 147 Å². The number of fused-ring (bicyclic) bond motifs is 2. The molecule has 0 saturated carbocycles. The molecule has 3 atom stereocenters. The zero-order chi connectivity index (χ0) is 25.8. The first-order valence-electron chi connectivity index (χ1n) is 11.3. The molecular weight excluding hydrogens is 472 g/mol. The number of hydrogen-bond donors (Lipinski definition) is 4. The Morgan fingerprint density at radius 3 is 2.71 bits per heavy atom. The maximum atomic E-state index is 12.9. The summed E-state index contributed by atoms with van der Waals surface area (Å²) in [5.41, 5.74) is 1.32. The van der Waals surface area contributed by atoms with Crippen LogP contribution < -0.4 is 16.0 Å². The van der Waals surface area contributed by atoms with Crippen LogP contribution in [-0.4, -0.2) is 57.6 Å². The molecule has 0 fully saturated rings. The van der Waals surface area contributed by atoms with E-state index in [4.69, 9.17) is 4.74 Å². The molecule has 1 unspecified atom stereocenters. The largest absolute Gasteiger partial charge is 0.366 e. The van der Waals surface area contributed by atoms with Gasteiger partial charge in [0.2, 0.25) is 5.91 Å². The van der Waals surface area contributed by atoms with Crippen LogP contribution >= 0.6 is 11.8 Å². The molecule has 10 nitrogen and oxygen atoms in total. The van der Waals surface area contributed by atoms with Crippen LogP contribution in [0.25, 0.3) is 0 Å². The summed E-state index contributed by atoms with van der Waals surface area (Å²) in [5.74, 6) is -1.18. The first kappa shape index (κ1) is 28.2. The summed E-state index contributed by atoms with van der Waals surface area (Å²) in [6, 6.07) is 3.99. The third kappa shape index (κ3) is 9.27. The van der Waals surface area contributed by atoms with E-state index in [1.54, 1.807) is 45.1 Å². The van der Waals surface area contributed by atoms with Gasteiger partial charge in [-0.1, -0.05) is 49.9 Å². The number of thioether (sulfide) groups is 1. The number of pyridine rings is 1. The third-order valence-electron chi connectivity index (χ3n) is 5.13. The van der Waals surface area contributed by atoms with Crippen molar-refractivity contribution in [1.29, 1.82) is 0 Å². The second-order valence-corrected chi connectivity index (χ2v) is 9.08. The smallest absolute Gasteiger partial charge is 0.274 e. The highest BCUT2D eigenvalue weighted by molar-refractivity contribution is 8.11. The number of amides is 3. The number of allylic oxidation sites excluding steroid dienone is 2. The van der Waals surface area contributed by atoms with Crippen molar-refractivity contribution in [3.05, 3.63) is 53.5 Å². The predicted molar refractivity (Wildman–Crippen MR) is 133 cm³/mol. The first-order valence-corrected chi connectivity index (χ1v) is 12.4. The molecule has 0 aromatic carbocycles. The van der Waals surface area contributed by atoms with Crippen LogP contribution in [0, 0.1) is 5.92 Å². The van der Waals surface area contributed by atoms with Gasteiger partial charge in [-0.3, -0.25) is 19.2 Å². The number of aromatic nitrogens is 1. The molecule has 11 heteroatoms. The van der Waals surface area contributed by atoms with E-state index in [2.05, 4.69) is 20.9 Å². The number of hydrogen-bond acceptors (Lipinski definition) is 8. The summed E-state index contributed by atoms with van der Waals surface area (Å²) in [4.78, 5) is 52.9. The van der Waals surface area contributed by atoms with Gasteiger partial charge >= 0.3 is 0 Å². The minimum atomic E-state index is -1.43. The number of nitrogens with zero attached hydrogens (tertiary/aromatic N) is 1. The van der Waals surface area contributed by atoms with E-state index < -0.39 is 30.3 Å². The fourth-order valence-electron chi connectivity index (χ4n) is 3.25. The number of carbonyl (C=O) groups is 4. The molecule has 2 rings (SSSR count). The average Bonchev–Trinajstić information content (AvgIpc) is 2.83. The molecule has 0 spiro atoms. The number of nitrogens with one attached hydrogen (secondary N) is 3. The number of aliphatic hydroxyl groups excluding tert-OH is 1. The van der Waals surface area contributed by atoms with Crippen molar-refractivity contribution < 1.29 is 29.0 Å². The van der Waals surface area contributed by atoms with E-state index >= 15 is 0 Å². The number of carbonyl (C=O) groups excluding carboxylic acids is 4. The van der Waals surface area contributed by atoms with Crippen LogP contribution in [0.3, 0.4) is 0 Å². The summed E-state index contributed by atoms with van der Waals surface area (Å²) in [6.07, 6.45) is 3.17. The molecule has 1 aromatic heterocycles. The Bertz CT molecular complexity index is 965. The van der Waals surface area contributed by atoms with E-state index in [0.29, 0.717) is 17.9 Å². The van der Waals surface area contributed by atoms with Gasteiger partial charge in [0, 0.05) is 5.75 Å². The van der Waals surface area contributed by atoms with Gasteiger partial charge in [-0.2, -0.15) is 0 Å². The number of ether oxygens (including phenoxy) is 1. The van der Waals surface area contributed by atoms with Crippen molar-refractivity contribution in [2.75, 3.05) is 5.75 Å². The summed E-state index contributed by atoms with van der Waals surface area (Å²) in [5, 5.41) is 18.8. The van der Waals surface area contributed by atoms with Crippen molar-refractivity contribution in [2.45, 2.75) is 58.6 Å². The maximum Gasteiger partial charge on any atom is 0.274 e. The highest BCUT2D eigenvalue weighted by Gasteiger charge is 2.29. The Labute approximate surface area is 209 Å². The van der Waals surface area contributed by atoms with E-state index in [1.165, 1.54) is 12.1 Å². The Hall–Kier alpha value is -3.02. The summed E-state index contributed by atoms with van der Waals surface area (Å²) < 4.78 is 5.78. The molecular formula is C24H32N4O6S. The molecule has 0 aliphatic carbocycles. The van der Waals surface area contributed by atoms with Gasteiger partial charge in [-0.15, -0.1) is 0 Å². The standard InChI is InChI=1S/C24H32N4O6S/c1-4-18-22(31)28-21(15(2)3)24(33)34-17(9-5-6-11-35-14-29)12-20(30)25-13-16-8-7-10-19(26-16)23(32)27-18/h4-5,7-10,14-15,17,21,24,33H,6,11-13H2,1-3H3,(H,25,30)(H,27,32)(H,28,31)/b9-5+,18-4-/t17-,21+,24?/m1/s1. The Kier molecular flexibility index (Phi) is 11.6. The minimum Gasteiger partial charge on any atom is -0.366 e. The molecule has 2 heterocycles. The van der Waals surface area contributed by atoms with Crippen molar-refractivity contribution in [3.63, 3.8) is 0 Å². The lowest BCUT2D eigenvalue weighted by Crippen LogP contribution is -2.50. The number of aliphatic hydroxyl groups is 1. The highest BCUT2D eigenvalue weighted by Crippen LogP contribution is 2.15. The van der Waals surface area contributed by atoms with Crippen LogP contribution in [0.5, 0.6) is 0 Å². The van der Waals surface area contributed by atoms with E-state index in [9.17, 15) is 24.3 Å². The zero-order valence-corrected chi connectivity index (χ0v) is 20.8. The molecule has 190 valence electrons. The second kappa shape index (κ2) is 14.4. The molecule has 1 aliphatic heterocycles. The molecule has 1 aromatic rings. The van der Waals surface area contributed by atoms with Gasteiger partial charge in [-0.25, -0.2) is 4.98 Å². The van der Waals surface area contributed by atoms with Crippen LogP contribution in [0.15, 0.2) is 42.1 Å². The second-order valence-electron chi connectivity index (χ2n) is 8.14. The normalized spacial score (nSPS) is 23.7. The predicted octanol–water partition coefficient (Wildman–Crippen LogP) is 1.45. The van der Waals surface area contributed by atoms with Crippen molar-refractivity contribution in [3.8, 4) is 0 Å². The van der Waals surface area contributed by atoms with E-state index in [1.807, 2.05) is 0 Å². The lowest BCUT2D eigenvalue weighted by atomic mass is 10.0. The van der Waals surface area contributed by atoms with Crippen LogP contribution in [-0.2, 0) is 25.7 Å². The van der Waals surface area contributed by atoms with Gasteiger partial charge in [0.15, 0.2) is 11.9 Å². The molecule has 1 aliphatic rings. The Morgan fingerprint density at radius 2 is 2.03 bits per heavy atom. The minimum absolute atomic E-state index is 0.00423. The monoisotopic (exact) mass is 504 g/mol. The lowest BCUT2D eigenvalue weighted by molar-refractivity contribution is -0.157. The third-order valence-corrected chi connectivity index (χ3v) is 5.74. The van der Waals surface area contributed by atoms with Gasteiger partial charge < -0.3 is 25.8 Å². The summed E-state index contributed by atoms with van der Waals surface area (Å²) in [7, 11) is 0. The van der Waals surface area contributed by atoms with Crippen molar-refractivity contribution >= 4 is 35.1 Å². The van der Waals surface area contributed by atoms with Crippen LogP contribution in [0.1, 0.15) is 49.8 Å². The molecule has 35 heavy (non-hydrogen) atoms. The van der Waals surface area contributed by atoms with Gasteiger partial charge in [-0.05, 0) is 31.4 Å². The quantitative estimate of drug-likeness (QED) is 0.197. The van der Waals surface area contributed by atoms with Crippen LogP contribution in [0.2, 0.25) is 0 Å². The molecule has 0 saturated heterocycles. The van der Waals surface area contributed by atoms with E-state index in [-0.39, 0.29) is 36.2 Å². The van der Waals surface area contributed by atoms with Gasteiger partial charge in [0.25, 0.3) is 11.8 Å². The Morgan fingerprint density at radius 1 is 1.26 bits per heavy atom. The fraction of sp³-hybridized carbons (Fsp3) is 0.458. The molecule has 4 N–H and O–H groups in total. The van der Waals surface area contributed by atoms with Crippen molar-refractivity contribution in [2.24, 2.45) is 5.92 Å². The Balaban J connectivity index is 2.34. The van der Waals surface area contributed by atoms with Crippen LogP contribution in [0.4, 0.5) is 0 Å². The number of rotatable bonds is 6. The lowest BCUT2D eigenvalue weighted by Gasteiger charge is -2.30. The van der Waals surface area contributed by atoms with Gasteiger partial charge in [0.1, 0.15) is 11.4 Å². The molecule has 0 radical (unpaired) electrons. The first-order chi connectivity index (χ1) is 16.7. The molecule has 3 amide bonds. The summed E-state index contributed by atoms with van der Waals surface area (Å²) >= 11 is 1.13.